The number of pyridine rings is 1. The number of hydrogen-bond donors (Lipinski definition) is 2. The van der Waals surface area contributed by atoms with Crippen LogP contribution in [0.4, 0.5) is 16.0 Å². The summed E-state index contributed by atoms with van der Waals surface area (Å²) in [4.78, 5) is 42.1. The Labute approximate surface area is 188 Å². The van der Waals surface area contributed by atoms with Crippen molar-refractivity contribution < 1.29 is 14.0 Å². The van der Waals surface area contributed by atoms with Crippen molar-refractivity contribution in [1.29, 1.82) is 0 Å². The molecular formula is C24H20FN5O3. The molecule has 0 aliphatic rings. The van der Waals surface area contributed by atoms with Gasteiger partial charge in [-0.3, -0.25) is 19.7 Å². The topological polar surface area (TPSA) is 98.0 Å². The number of hydrogen-bond acceptors (Lipinski definition) is 4. The van der Waals surface area contributed by atoms with E-state index < -0.39 is 23.2 Å². The number of rotatable bonds is 6. The van der Waals surface area contributed by atoms with Gasteiger partial charge in [0.1, 0.15) is 17.9 Å². The first-order chi connectivity index (χ1) is 15.9. The van der Waals surface area contributed by atoms with Gasteiger partial charge in [-0.05, 0) is 42.0 Å². The summed E-state index contributed by atoms with van der Waals surface area (Å²) >= 11 is 0. The van der Waals surface area contributed by atoms with E-state index in [1.54, 1.807) is 17.8 Å². The van der Waals surface area contributed by atoms with Crippen molar-refractivity contribution in [3.63, 3.8) is 0 Å². The van der Waals surface area contributed by atoms with E-state index in [1.165, 1.54) is 42.6 Å². The highest BCUT2D eigenvalue weighted by molar-refractivity contribution is 6.04. The van der Waals surface area contributed by atoms with Crippen LogP contribution in [0.1, 0.15) is 10.4 Å². The number of carbonyl (C=O) groups is 2. The van der Waals surface area contributed by atoms with Crippen molar-refractivity contribution in [3.05, 3.63) is 101 Å². The Kier molecular flexibility index (Phi) is 6.12. The smallest absolute Gasteiger partial charge is 0.263 e. The molecule has 8 nitrogen and oxygen atoms in total. The van der Waals surface area contributed by atoms with Gasteiger partial charge in [0.25, 0.3) is 11.5 Å². The average molecular weight is 445 g/mol. The van der Waals surface area contributed by atoms with Crippen molar-refractivity contribution in [2.45, 2.75) is 6.54 Å². The minimum Gasteiger partial charge on any atom is -0.322 e. The van der Waals surface area contributed by atoms with Crippen LogP contribution in [-0.2, 0) is 18.4 Å². The maximum Gasteiger partial charge on any atom is 0.263 e. The van der Waals surface area contributed by atoms with Crippen molar-refractivity contribution >= 4 is 23.5 Å². The van der Waals surface area contributed by atoms with Gasteiger partial charge < -0.3 is 14.5 Å². The lowest BCUT2D eigenvalue weighted by Crippen LogP contribution is -2.32. The quantitative estimate of drug-likeness (QED) is 0.476. The van der Waals surface area contributed by atoms with E-state index >= 15 is 0 Å². The Morgan fingerprint density at radius 3 is 2.42 bits per heavy atom. The Morgan fingerprint density at radius 2 is 1.70 bits per heavy atom. The van der Waals surface area contributed by atoms with E-state index in [-0.39, 0.29) is 12.1 Å². The van der Waals surface area contributed by atoms with E-state index in [2.05, 4.69) is 15.6 Å². The molecule has 0 saturated carbocycles. The fraction of sp³-hybridized carbons (Fsp3) is 0.0833. The summed E-state index contributed by atoms with van der Waals surface area (Å²) < 4.78 is 15.9. The minimum atomic E-state index is -0.655. The van der Waals surface area contributed by atoms with Crippen molar-refractivity contribution in [3.8, 4) is 11.3 Å². The molecule has 4 rings (SSSR count). The first-order valence-electron chi connectivity index (χ1n) is 10.1. The van der Waals surface area contributed by atoms with Crippen LogP contribution in [0.5, 0.6) is 0 Å². The van der Waals surface area contributed by atoms with Gasteiger partial charge in [-0.25, -0.2) is 9.37 Å². The third-order valence-electron chi connectivity index (χ3n) is 4.99. The normalized spacial score (nSPS) is 10.6. The lowest BCUT2D eigenvalue weighted by atomic mass is 10.2. The van der Waals surface area contributed by atoms with Crippen LogP contribution in [0, 0.1) is 5.82 Å². The van der Waals surface area contributed by atoms with Crippen molar-refractivity contribution in [1.82, 2.24) is 14.1 Å². The molecule has 0 unspecified atom stereocenters. The largest absolute Gasteiger partial charge is 0.322 e. The van der Waals surface area contributed by atoms with Crippen molar-refractivity contribution in [2.24, 2.45) is 7.05 Å². The third-order valence-corrected chi connectivity index (χ3v) is 4.99. The standard InChI is InChI=1S/C24H20FN5O3/c1-29-20(16-6-3-2-4-7-16)14-26-24(29)28-21(31)15-30-13-5-8-19(23(30)33)22(32)27-18-11-9-17(25)10-12-18/h2-14H,15H2,1H3,(H,27,32)(H,26,28,31). The summed E-state index contributed by atoms with van der Waals surface area (Å²) in [5, 5.41) is 5.23. The molecule has 0 saturated heterocycles. The van der Waals surface area contributed by atoms with Gasteiger partial charge in [0, 0.05) is 18.9 Å². The molecule has 0 bridgehead atoms. The van der Waals surface area contributed by atoms with E-state index in [9.17, 15) is 18.8 Å². The van der Waals surface area contributed by atoms with E-state index in [0.717, 1.165) is 15.8 Å². The van der Waals surface area contributed by atoms with Crippen molar-refractivity contribution in [2.75, 3.05) is 10.6 Å². The lowest BCUT2D eigenvalue weighted by Gasteiger charge is -2.10. The molecule has 33 heavy (non-hydrogen) atoms. The summed E-state index contributed by atoms with van der Waals surface area (Å²) in [6, 6.07) is 17.6. The van der Waals surface area contributed by atoms with E-state index in [0.29, 0.717) is 11.6 Å². The number of halogens is 1. The van der Waals surface area contributed by atoms with Crippen LogP contribution in [0.25, 0.3) is 11.3 Å². The van der Waals surface area contributed by atoms with Gasteiger partial charge in [0.05, 0.1) is 11.9 Å². The van der Waals surface area contributed by atoms with Gasteiger partial charge >= 0.3 is 0 Å². The maximum absolute atomic E-state index is 13.0. The predicted molar refractivity (Wildman–Crippen MR) is 122 cm³/mol. The number of benzene rings is 2. The average Bonchev–Trinajstić information content (AvgIpc) is 3.17. The molecule has 2 aromatic carbocycles. The van der Waals surface area contributed by atoms with Crippen LogP contribution < -0.4 is 16.2 Å². The summed E-state index contributed by atoms with van der Waals surface area (Å²) in [5.74, 6) is -1.23. The fourth-order valence-electron chi connectivity index (χ4n) is 3.29. The first kappa shape index (κ1) is 21.7. The second kappa shape index (κ2) is 9.31. The fourth-order valence-corrected chi connectivity index (χ4v) is 3.29. The number of nitrogens with one attached hydrogen (secondary N) is 2. The van der Waals surface area contributed by atoms with Crippen LogP contribution >= 0.6 is 0 Å². The number of carbonyl (C=O) groups excluding carboxylic acids is 2. The van der Waals surface area contributed by atoms with Crippen LogP contribution in [0.2, 0.25) is 0 Å². The lowest BCUT2D eigenvalue weighted by molar-refractivity contribution is -0.116. The minimum absolute atomic E-state index is 0.141. The Morgan fingerprint density at radius 1 is 0.970 bits per heavy atom. The molecule has 2 aromatic heterocycles. The monoisotopic (exact) mass is 445 g/mol. The van der Waals surface area contributed by atoms with E-state index in [4.69, 9.17) is 0 Å². The highest BCUT2D eigenvalue weighted by Gasteiger charge is 2.16. The molecule has 166 valence electrons. The number of anilines is 2. The Hall–Kier alpha value is -4.53. The molecular weight excluding hydrogens is 425 g/mol. The molecule has 2 N–H and O–H groups in total. The summed E-state index contributed by atoms with van der Waals surface area (Å²) in [7, 11) is 1.78. The molecule has 2 heterocycles. The van der Waals surface area contributed by atoms with Gasteiger partial charge in [-0.2, -0.15) is 0 Å². The first-order valence-corrected chi connectivity index (χ1v) is 10.1. The van der Waals surface area contributed by atoms with E-state index in [1.807, 2.05) is 30.3 Å². The number of imidazole rings is 1. The third kappa shape index (κ3) is 4.87. The van der Waals surface area contributed by atoms with Crippen LogP contribution in [0.3, 0.4) is 0 Å². The molecule has 9 heteroatoms. The number of nitrogens with zero attached hydrogens (tertiary/aromatic N) is 3. The zero-order valence-corrected chi connectivity index (χ0v) is 17.7. The Balaban J connectivity index is 1.47. The second-order valence-electron chi connectivity index (χ2n) is 7.26. The Bertz CT molecular complexity index is 1360. The molecule has 2 amide bonds. The molecule has 0 fully saturated rings. The second-order valence-corrected chi connectivity index (χ2v) is 7.26. The number of amides is 2. The van der Waals surface area contributed by atoms with Gasteiger partial charge in [0.2, 0.25) is 11.9 Å². The van der Waals surface area contributed by atoms with Crippen LogP contribution in [0.15, 0.2) is 83.9 Å². The highest BCUT2D eigenvalue weighted by atomic mass is 19.1. The van der Waals surface area contributed by atoms with Gasteiger partial charge in [-0.1, -0.05) is 30.3 Å². The molecule has 0 aliphatic heterocycles. The molecule has 0 aliphatic carbocycles. The molecule has 0 radical (unpaired) electrons. The molecule has 0 spiro atoms. The number of aromatic nitrogens is 3. The van der Waals surface area contributed by atoms with Gasteiger partial charge in [0.15, 0.2) is 0 Å². The summed E-state index contributed by atoms with van der Waals surface area (Å²) in [5.41, 5.74) is 1.35. The SMILES string of the molecule is Cn1c(-c2ccccc2)cnc1NC(=O)Cn1cccc(C(=O)Nc2ccc(F)cc2)c1=O. The molecule has 0 atom stereocenters. The van der Waals surface area contributed by atoms with Gasteiger partial charge in [-0.15, -0.1) is 0 Å². The maximum atomic E-state index is 13.0. The molecule has 4 aromatic rings. The van der Waals surface area contributed by atoms with Crippen LogP contribution in [-0.4, -0.2) is 25.9 Å². The summed E-state index contributed by atoms with van der Waals surface area (Å²) in [6.45, 7) is -0.302. The predicted octanol–water partition coefficient (Wildman–Crippen LogP) is 3.28. The summed E-state index contributed by atoms with van der Waals surface area (Å²) in [6.07, 6.45) is 3.07. The zero-order chi connectivity index (χ0) is 23.4. The zero-order valence-electron chi connectivity index (χ0n) is 17.7. The highest BCUT2D eigenvalue weighted by Crippen LogP contribution is 2.21.